The van der Waals surface area contributed by atoms with Crippen LogP contribution in [0.3, 0.4) is 0 Å². The number of aromatic nitrogens is 1. The quantitative estimate of drug-likeness (QED) is 0.502. The molecule has 2 saturated carbocycles. The van der Waals surface area contributed by atoms with Crippen molar-refractivity contribution in [2.45, 2.75) is 62.2 Å². The summed E-state index contributed by atoms with van der Waals surface area (Å²) in [6, 6.07) is 4.57. The van der Waals surface area contributed by atoms with Gasteiger partial charge in [0, 0.05) is 34.1 Å². The van der Waals surface area contributed by atoms with Gasteiger partial charge in [0.15, 0.2) is 4.34 Å². The number of carbonyl (C=O) groups excluding carboxylic acids is 1. The molecule has 1 aromatic heterocycles. The van der Waals surface area contributed by atoms with Gasteiger partial charge in [-0.2, -0.15) is 0 Å². The summed E-state index contributed by atoms with van der Waals surface area (Å²) in [5.74, 6) is 0.370. The Morgan fingerprint density at radius 1 is 1.38 bits per heavy atom. The van der Waals surface area contributed by atoms with Gasteiger partial charge in [0.2, 0.25) is 0 Å². The number of benzene rings is 1. The molecule has 0 radical (unpaired) electrons. The Balaban J connectivity index is 1.63. The van der Waals surface area contributed by atoms with Gasteiger partial charge in [0.05, 0.1) is 10.5 Å². The first kappa shape index (κ1) is 20.3. The second kappa shape index (κ2) is 7.09. The molecule has 154 valence electrons. The van der Waals surface area contributed by atoms with Crippen LogP contribution >= 0.6 is 23.1 Å². The van der Waals surface area contributed by atoms with Crippen molar-refractivity contribution in [2.24, 2.45) is 16.7 Å². The smallest absolute Gasteiger partial charge is 0.270 e. The first-order chi connectivity index (χ1) is 13.6. The van der Waals surface area contributed by atoms with Gasteiger partial charge in [-0.3, -0.25) is 14.9 Å². The van der Waals surface area contributed by atoms with Gasteiger partial charge in [-0.1, -0.05) is 32.5 Å². The monoisotopic (exact) mass is 431 g/mol. The van der Waals surface area contributed by atoms with Crippen molar-refractivity contribution in [3.05, 3.63) is 45.0 Å². The number of non-ortho nitro benzene ring substituents is 1. The van der Waals surface area contributed by atoms with Crippen molar-refractivity contribution in [1.29, 1.82) is 0 Å². The summed E-state index contributed by atoms with van der Waals surface area (Å²) in [4.78, 5) is 29.2. The Bertz CT molecular complexity index is 987. The predicted molar refractivity (Wildman–Crippen MR) is 115 cm³/mol. The largest absolute Gasteiger partial charge is 0.349 e. The lowest BCUT2D eigenvalue weighted by atomic mass is 9.69. The van der Waals surface area contributed by atoms with E-state index in [4.69, 9.17) is 0 Å². The molecule has 2 aromatic rings. The highest BCUT2D eigenvalue weighted by Gasteiger charge is 2.61. The summed E-state index contributed by atoms with van der Waals surface area (Å²) in [7, 11) is 0. The van der Waals surface area contributed by atoms with Gasteiger partial charge >= 0.3 is 0 Å². The van der Waals surface area contributed by atoms with Gasteiger partial charge in [0.25, 0.3) is 11.6 Å². The third kappa shape index (κ3) is 3.36. The van der Waals surface area contributed by atoms with Crippen LogP contribution in [0.25, 0.3) is 0 Å². The Labute approximate surface area is 178 Å². The van der Waals surface area contributed by atoms with Crippen LogP contribution in [0.2, 0.25) is 0 Å². The molecule has 29 heavy (non-hydrogen) atoms. The number of carbonyl (C=O) groups is 1. The van der Waals surface area contributed by atoms with E-state index in [-0.39, 0.29) is 28.5 Å². The van der Waals surface area contributed by atoms with Crippen molar-refractivity contribution in [3.63, 3.8) is 0 Å². The number of nitro groups is 1. The summed E-state index contributed by atoms with van der Waals surface area (Å²) < 4.78 is 0.818. The van der Waals surface area contributed by atoms with Crippen molar-refractivity contribution >= 4 is 34.7 Å². The van der Waals surface area contributed by atoms with Gasteiger partial charge in [-0.15, -0.1) is 11.3 Å². The van der Waals surface area contributed by atoms with Crippen LogP contribution in [0, 0.1) is 33.8 Å². The second-order valence-electron chi connectivity index (χ2n) is 8.93. The summed E-state index contributed by atoms with van der Waals surface area (Å²) in [6.45, 7) is 8.79. The molecule has 1 heterocycles. The van der Waals surface area contributed by atoms with Crippen LogP contribution in [-0.2, 0) is 0 Å². The molecule has 1 aromatic carbocycles. The highest BCUT2D eigenvalue weighted by molar-refractivity contribution is 8.01. The van der Waals surface area contributed by atoms with E-state index in [2.05, 4.69) is 31.1 Å². The van der Waals surface area contributed by atoms with Crippen molar-refractivity contribution < 1.29 is 9.72 Å². The molecule has 4 rings (SSSR count). The lowest BCUT2D eigenvalue weighted by Gasteiger charge is -2.39. The average molecular weight is 432 g/mol. The molecular weight excluding hydrogens is 406 g/mol. The maximum absolute atomic E-state index is 13.3. The van der Waals surface area contributed by atoms with Crippen molar-refractivity contribution in [3.8, 4) is 0 Å². The molecule has 2 fully saturated rings. The molecular formula is C21H25N3O3S2. The minimum atomic E-state index is -0.458. The van der Waals surface area contributed by atoms with Crippen LogP contribution in [0.5, 0.6) is 0 Å². The second-order valence-corrected chi connectivity index (χ2v) is 11.1. The molecule has 1 amide bonds. The van der Waals surface area contributed by atoms with E-state index in [9.17, 15) is 14.9 Å². The third-order valence-electron chi connectivity index (χ3n) is 7.31. The van der Waals surface area contributed by atoms with Gasteiger partial charge < -0.3 is 5.32 Å². The molecule has 0 saturated heterocycles. The molecule has 0 unspecified atom stereocenters. The van der Waals surface area contributed by atoms with Crippen molar-refractivity contribution in [1.82, 2.24) is 10.3 Å². The first-order valence-corrected chi connectivity index (χ1v) is 11.5. The van der Waals surface area contributed by atoms with Crippen LogP contribution in [0.15, 0.2) is 32.8 Å². The van der Waals surface area contributed by atoms with E-state index in [1.807, 2.05) is 12.3 Å². The zero-order chi connectivity index (χ0) is 21.0. The maximum Gasteiger partial charge on any atom is 0.270 e. The fourth-order valence-electron chi connectivity index (χ4n) is 5.03. The van der Waals surface area contributed by atoms with Crippen LogP contribution in [0.1, 0.15) is 56.1 Å². The standard InChI is InChI=1S/C21H25N3O3S2/c1-12-11-28-19(22-12)29-16-6-5-14(24(26)27)10-15(16)18(25)23-17-9-13-7-8-21(17,4)20(13,2)3/h5-6,10-11,13,17H,7-9H2,1-4H3,(H,23,25)/t13-,17+,21+/m0/s1. The number of hydrogen-bond acceptors (Lipinski definition) is 6. The number of fused-ring (bicyclic) bond motifs is 2. The highest BCUT2D eigenvalue weighted by Crippen LogP contribution is 2.65. The number of nitrogens with one attached hydrogen (secondary N) is 1. The van der Waals surface area contributed by atoms with Crippen molar-refractivity contribution in [2.75, 3.05) is 0 Å². The summed E-state index contributed by atoms with van der Waals surface area (Å²) in [5, 5.41) is 16.5. The molecule has 0 aliphatic heterocycles. The fourth-order valence-corrected chi connectivity index (χ4v) is 6.93. The molecule has 2 aliphatic carbocycles. The number of nitrogens with zero attached hydrogens (tertiary/aromatic N) is 2. The minimum absolute atomic E-state index is 0.0494. The van der Waals surface area contributed by atoms with Crippen LogP contribution in [-0.4, -0.2) is 21.9 Å². The van der Waals surface area contributed by atoms with Gasteiger partial charge in [-0.05, 0) is 49.0 Å². The van der Waals surface area contributed by atoms with Gasteiger partial charge in [-0.25, -0.2) is 4.98 Å². The lowest BCUT2D eigenvalue weighted by Crippen LogP contribution is -2.47. The van der Waals surface area contributed by atoms with E-state index in [1.54, 1.807) is 6.07 Å². The normalized spacial score (nSPS) is 27.2. The maximum atomic E-state index is 13.3. The number of rotatable bonds is 5. The van der Waals surface area contributed by atoms with Gasteiger partial charge in [0.1, 0.15) is 0 Å². The summed E-state index contributed by atoms with van der Waals surface area (Å²) in [6.07, 6.45) is 3.28. The molecule has 6 nitrogen and oxygen atoms in total. The Morgan fingerprint density at radius 3 is 2.69 bits per heavy atom. The third-order valence-corrected chi connectivity index (χ3v) is 9.45. The number of nitro benzene ring substituents is 1. The van der Waals surface area contributed by atoms with E-state index in [0.29, 0.717) is 16.4 Å². The number of amides is 1. The highest BCUT2D eigenvalue weighted by atomic mass is 32.2. The molecule has 2 bridgehead atoms. The zero-order valence-electron chi connectivity index (χ0n) is 17.0. The number of thiazole rings is 1. The predicted octanol–water partition coefficient (Wildman–Crippen LogP) is 5.46. The Hall–Kier alpha value is -1.93. The van der Waals surface area contributed by atoms with E-state index in [0.717, 1.165) is 22.9 Å². The van der Waals surface area contributed by atoms with E-state index < -0.39 is 4.92 Å². The summed E-state index contributed by atoms with van der Waals surface area (Å²) >= 11 is 2.88. The fraction of sp³-hybridized carbons (Fsp3) is 0.524. The van der Waals surface area contributed by atoms with E-state index in [1.165, 1.54) is 41.7 Å². The topological polar surface area (TPSA) is 85.1 Å². The average Bonchev–Trinajstić information content (AvgIpc) is 3.22. The zero-order valence-corrected chi connectivity index (χ0v) is 18.7. The summed E-state index contributed by atoms with van der Waals surface area (Å²) in [5.41, 5.74) is 1.43. The van der Waals surface area contributed by atoms with Crippen LogP contribution in [0.4, 0.5) is 5.69 Å². The number of aryl methyl sites for hydroxylation is 1. The van der Waals surface area contributed by atoms with Crippen LogP contribution < -0.4 is 5.32 Å². The SMILES string of the molecule is Cc1csc(Sc2ccc([N+](=O)[O-])cc2C(=O)N[C@@H]2C[C@@H]3CC[C@@]2(C)C3(C)C)n1. The Kier molecular flexibility index (Phi) is 4.98. The molecule has 3 atom stereocenters. The minimum Gasteiger partial charge on any atom is -0.349 e. The Morgan fingerprint density at radius 2 is 2.14 bits per heavy atom. The molecule has 2 aliphatic rings. The van der Waals surface area contributed by atoms with E-state index >= 15 is 0 Å². The molecule has 8 heteroatoms. The molecule has 0 spiro atoms. The number of hydrogen-bond donors (Lipinski definition) is 1. The first-order valence-electron chi connectivity index (χ1n) is 9.81. The molecule has 1 N–H and O–H groups in total. The lowest BCUT2D eigenvalue weighted by molar-refractivity contribution is -0.384.